The van der Waals surface area contributed by atoms with Crippen LogP contribution in [0.25, 0.3) is 0 Å². The Hall–Kier alpha value is -1.23. The lowest BCUT2D eigenvalue weighted by Gasteiger charge is -2.48. The fourth-order valence-electron chi connectivity index (χ4n) is 2.44. The van der Waals surface area contributed by atoms with Crippen molar-refractivity contribution >= 4 is 5.91 Å². The molecule has 1 saturated heterocycles. The number of nitrogens with zero attached hydrogens (tertiary/aromatic N) is 1. The van der Waals surface area contributed by atoms with E-state index in [2.05, 4.69) is 6.58 Å². The molecule has 6 atom stereocenters. The van der Waals surface area contributed by atoms with Gasteiger partial charge in [-0.2, -0.15) is 0 Å². The molecule has 1 unspecified atom stereocenters. The number of aliphatic hydroxyl groups is 6. The number of hydrogen-bond donors (Lipinski definition) is 6. The van der Waals surface area contributed by atoms with Crippen molar-refractivity contribution in [1.82, 2.24) is 4.90 Å². The minimum absolute atomic E-state index is 0.448. The van der Waals surface area contributed by atoms with Crippen LogP contribution < -0.4 is 0 Å². The van der Waals surface area contributed by atoms with E-state index < -0.39 is 60.9 Å². The summed E-state index contributed by atoms with van der Waals surface area (Å²) in [6, 6.07) is -1.10. The molecule has 22 heavy (non-hydrogen) atoms. The van der Waals surface area contributed by atoms with Gasteiger partial charge in [-0.3, -0.25) is 4.79 Å². The molecule has 1 rings (SSSR count). The van der Waals surface area contributed by atoms with Crippen molar-refractivity contribution in [3.8, 4) is 0 Å². The topological polar surface area (TPSA) is 151 Å². The number of carbonyl (C=O) groups is 1. The Kier molecular flexibility index (Phi) is 5.90. The predicted molar refractivity (Wildman–Crippen MR) is 73.5 cm³/mol. The second kappa shape index (κ2) is 6.90. The van der Waals surface area contributed by atoms with Gasteiger partial charge in [-0.05, 0) is 0 Å². The van der Waals surface area contributed by atoms with Gasteiger partial charge in [0, 0.05) is 20.4 Å². The van der Waals surface area contributed by atoms with Gasteiger partial charge in [-0.25, -0.2) is 0 Å². The summed E-state index contributed by atoms with van der Waals surface area (Å²) in [6.45, 7) is 3.57. The van der Waals surface area contributed by atoms with Crippen LogP contribution in [0.1, 0.15) is 13.3 Å². The number of amides is 1. The molecule has 1 fully saturated rings. The van der Waals surface area contributed by atoms with Crippen LogP contribution in [0.4, 0.5) is 0 Å². The van der Waals surface area contributed by atoms with E-state index in [0.717, 1.165) is 4.90 Å². The normalized spacial score (nSPS) is 34.8. The molecule has 0 bridgehead atoms. The second-order valence-electron chi connectivity index (χ2n) is 5.45. The van der Waals surface area contributed by atoms with Crippen molar-refractivity contribution in [3.05, 3.63) is 12.3 Å². The molecular formula is C13H23NO8. The predicted octanol–water partition coefficient (Wildman–Crippen LogP) is -2.54. The SMILES string of the molecule is C=C(O)[C@]1(O)C[C@H](O)[C@@H](N(C)C(C)=O)[C@H]([C@H](O)C(O)CO)O1. The van der Waals surface area contributed by atoms with Gasteiger partial charge in [0.1, 0.15) is 24.1 Å². The van der Waals surface area contributed by atoms with Crippen molar-refractivity contribution in [2.45, 2.75) is 49.6 Å². The molecule has 0 aliphatic carbocycles. The van der Waals surface area contributed by atoms with Crippen molar-refractivity contribution in [2.75, 3.05) is 13.7 Å². The van der Waals surface area contributed by atoms with E-state index in [1.165, 1.54) is 14.0 Å². The van der Waals surface area contributed by atoms with E-state index in [4.69, 9.17) is 9.84 Å². The van der Waals surface area contributed by atoms with Crippen LogP contribution in [0.2, 0.25) is 0 Å². The Morgan fingerprint density at radius 1 is 1.50 bits per heavy atom. The lowest BCUT2D eigenvalue weighted by Crippen LogP contribution is -2.66. The highest BCUT2D eigenvalue weighted by Gasteiger charge is 2.52. The molecule has 0 spiro atoms. The molecule has 0 saturated carbocycles. The summed E-state index contributed by atoms with van der Waals surface area (Å²) in [6.07, 6.45) is -6.67. The zero-order valence-corrected chi connectivity index (χ0v) is 12.5. The first kappa shape index (κ1) is 18.8. The third-order valence-corrected chi connectivity index (χ3v) is 3.86. The maximum absolute atomic E-state index is 11.5. The highest BCUT2D eigenvalue weighted by atomic mass is 16.7. The third-order valence-electron chi connectivity index (χ3n) is 3.86. The summed E-state index contributed by atoms with van der Waals surface area (Å²) in [4.78, 5) is 12.6. The number of aliphatic hydroxyl groups excluding tert-OH is 5. The Morgan fingerprint density at radius 3 is 2.45 bits per heavy atom. The Bertz CT molecular complexity index is 430. The smallest absolute Gasteiger partial charge is 0.227 e. The van der Waals surface area contributed by atoms with Gasteiger partial charge in [0.15, 0.2) is 0 Å². The molecule has 1 heterocycles. The molecule has 6 N–H and O–H groups in total. The summed E-state index contributed by atoms with van der Waals surface area (Å²) in [5, 5.41) is 58.4. The second-order valence-corrected chi connectivity index (χ2v) is 5.45. The zero-order valence-electron chi connectivity index (χ0n) is 12.5. The molecule has 1 amide bonds. The van der Waals surface area contributed by atoms with E-state index in [-0.39, 0.29) is 0 Å². The number of carbonyl (C=O) groups excluding carboxylic acids is 1. The van der Waals surface area contributed by atoms with Crippen molar-refractivity contribution in [3.63, 3.8) is 0 Å². The fraction of sp³-hybridized carbons (Fsp3) is 0.769. The standard InChI is InChI=1S/C13H23NO8/c1-6(16)13(21)4-8(18)10(14(3)7(2)17)12(22-13)11(20)9(19)5-15/h8-12,15-16,18-21H,1,4-5H2,2-3H3/t8-,9?,10+,11+,12+,13-/m0/s1. The van der Waals surface area contributed by atoms with E-state index in [9.17, 15) is 30.3 Å². The molecule has 0 aromatic carbocycles. The molecule has 128 valence electrons. The van der Waals surface area contributed by atoms with E-state index in [1.54, 1.807) is 0 Å². The molecule has 9 heteroatoms. The van der Waals surface area contributed by atoms with Crippen LogP contribution in [-0.4, -0.2) is 91.3 Å². The van der Waals surface area contributed by atoms with Crippen LogP contribution >= 0.6 is 0 Å². The summed E-state index contributed by atoms with van der Waals surface area (Å²) >= 11 is 0. The summed E-state index contributed by atoms with van der Waals surface area (Å²) in [5.41, 5.74) is 0. The Morgan fingerprint density at radius 2 is 2.05 bits per heavy atom. The lowest BCUT2D eigenvalue weighted by atomic mass is 9.87. The fourth-order valence-corrected chi connectivity index (χ4v) is 2.44. The Balaban J connectivity index is 3.19. The first-order valence-electron chi connectivity index (χ1n) is 6.72. The van der Waals surface area contributed by atoms with E-state index >= 15 is 0 Å². The van der Waals surface area contributed by atoms with Crippen molar-refractivity contribution in [2.24, 2.45) is 0 Å². The molecule has 1 aliphatic rings. The van der Waals surface area contributed by atoms with Gasteiger partial charge < -0.3 is 40.3 Å². The number of hydrogen-bond acceptors (Lipinski definition) is 8. The largest absolute Gasteiger partial charge is 0.507 e. The van der Waals surface area contributed by atoms with Crippen LogP contribution in [0, 0.1) is 0 Å². The highest BCUT2D eigenvalue weighted by Crippen LogP contribution is 2.35. The minimum Gasteiger partial charge on any atom is -0.507 e. The molecule has 1 aliphatic heterocycles. The van der Waals surface area contributed by atoms with Gasteiger partial charge in [0.2, 0.25) is 11.7 Å². The van der Waals surface area contributed by atoms with Crippen LogP contribution in [-0.2, 0) is 9.53 Å². The monoisotopic (exact) mass is 321 g/mol. The molecule has 0 aromatic rings. The summed E-state index contributed by atoms with van der Waals surface area (Å²) < 4.78 is 5.21. The maximum atomic E-state index is 11.5. The van der Waals surface area contributed by atoms with Crippen molar-refractivity contribution in [1.29, 1.82) is 0 Å². The number of ether oxygens (including phenoxy) is 1. The quantitative estimate of drug-likeness (QED) is 0.303. The van der Waals surface area contributed by atoms with Gasteiger partial charge in [-0.1, -0.05) is 6.58 Å². The van der Waals surface area contributed by atoms with Crippen LogP contribution in [0.15, 0.2) is 12.3 Å². The van der Waals surface area contributed by atoms with Gasteiger partial charge in [0.25, 0.3) is 0 Å². The first-order valence-corrected chi connectivity index (χ1v) is 6.72. The van der Waals surface area contributed by atoms with E-state index in [1.807, 2.05) is 0 Å². The van der Waals surface area contributed by atoms with Crippen LogP contribution in [0.5, 0.6) is 0 Å². The molecule has 9 nitrogen and oxygen atoms in total. The maximum Gasteiger partial charge on any atom is 0.227 e. The van der Waals surface area contributed by atoms with E-state index in [0.29, 0.717) is 0 Å². The molecule has 0 aromatic heterocycles. The van der Waals surface area contributed by atoms with Gasteiger partial charge >= 0.3 is 0 Å². The first-order chi connectivity index (χ1) is 10.0. The summed E-state index contributed by atoms with van der Waals surface area (Å²) in [7, 11) is 1.35. The number of rotatable bonds is 5. The van der Waals surface area contributed by atoms with Gasteiger partial charge in [-0.15, -0.1) is 0 Å². The van der Waals surface area contributed by atoms with Crippen molar-refractivity contribution < 1.29 is 40.2 Å². The summed E-state index contributed by atoms with van der Waals surface area (Å²) in [5.74, 6) is -3.57. The third kappa shape index (κ3) is 3.57. The Labute approximate surface area is 127 Å². The average molecular weight is 321 g/mol. The highest BCUT2D eigenvalue weighted by molar-refractivity contribution is 5.73. The molecular weight excluding hydrogens is 298 g/mol. The average Bonchev–Trinajstić information content (AvgIpc) is 2.43. The lowest BCUT2D eigenvalue weighted by molar-refractivity contribution is -0.301. The minimum atomic E-state index is -2.34. The zero-order chi connectivity index (χ0) is 17.2. The van der Waals surface area contributed by atoms with Crippen LogP contribution in [0.3, 0.4) is 0 Å². The molecule has 0 radical (unpaired) electrons. The van der Waals surface area contributed by atoms with Gasteiger partial charge in [0.05, 0.1) is 18.8 Å². The number of likely N-dealkylation sites (N-methyl/N-ethyl adjacent to an activating group) is 1.